The molecule has 0 fully saturated rings. The van der Waals surface area contributed by atoms with Crippen molar-refractivity contribution in [1.29, 1.82) is 0 Å². The van der Waals surface area contributed by atoms with Crippen molar-refractivity contribution in [3.05, 3.63) is 82.8 Å². The van der Waals surface area contributed by atoms with Gasteiger partial charge in [-0.15, -0.1) is 0 Å². The van der Waals surface area contributed by atoms with Crippen molar-refractivity contribution in [2.75, 3.05) is 0 Å². The quantitative estimate of drug-likeness (QED) is 0.749. The van der Waals surface area contributed by atoms with Crippen LogP contribution in [0.3, 0.4) is 0 Å². The molecule has 1 N–H and O–H groups in total. The van der Waals surface area contributed by atoms with Crippen LogP contribution in [-0.2, 0) is 6.42 Å². The fourth-order valence-electron chi connectivity index (χ4n) is 2.79. The Morgan fingerprint density at radius 2 is 1.74 bits per heavy atom. The average molecular weight is 306 g/mol. The first kappa shape index (κ1) is 15.1. The van der Waals surface area contributed by atoms with Crippen LogP contribution >= 0.6 is 0 Å². The molecule has 3 heteroatoms. The number of rotatable bonds is 4. The van der Waals surface area contributed by atoms with Gasteiger partial charge in [-0.05, 0) is 53.8 Å². The van der Waals surface area contributed by atoms with Crippen molar-refractivity contribution in [1.82, 2.24) is 0 Å². The standard InChI is InChI=1S/C20H18O3/c1-13-10-14(2)18(15-6-4-3-5-7-15)12-16(13)11-17-8-9-19(23-17)20(21)22/h3-10,12H,11H2,1-2H3,(H,21,22). The van der Waals surface area contributed by atoms with E-state index in [2.05, 4.69) is 38.1 Å². The van der Waals surface area contributed by atoms with Gasteiger partial charge in [-0.3, -0.25) is 0 Å². The predicted octanol–water partition coefficient (Wildman–Crippen LogP) is 4.85. The highest BCUT2D eigenvalue weighted by Gasteiger charge is 2.12. The van der Waals surface area contributed by atoms with Crippen LogP contribution in [0, 0.1) is 13.8 Å². The number of carbonyl (C=O) groups is 1. The Hall–Kier alpha value is -2.81. The maximum Gasteiger partial charge on any atom is 0.371 e. The van der Waals surface area contributed by atoms with Gasteiger partial charge in [0.2, 0.25) is 5.76 Å². The van der Waals surface area contributed by atoms with E-state index in [1.54, 1.807) is 6.07 Å². The van der Waals surface area contributed by atoms with Gasteiger partial charge in [0, 0.05) is 6.42 Å². The maximum atomic E-state index is 10.9. The summed E-state index contributed by atoms with van der Waals surface area (Å²) in [7, 11) is 0. The second kappa shape index (κ2) is 6.13. The van der Waals surface area contributed by atoms with E-state index >= 15 is 0 Å². The molecule has 2 aromatic carbocycles. The number of furan rings is 1. The molecule has 0 unspecified atom stereocenters. The highest BCUT2D eigenvalue weighted by Crippen LogP contribution is 2.28. The molecule has 0 bridgehead atoms. The van der Waals surface area contributed by atoms with Gasteiger partial charge in [-0.25, -0.2) is 4.79 Å². The zero-order valence-corrected chi connectivity index (χ0v) is 13.2. The summed E-state index contributed by atoms with van der Waals surface area (Å²) in [6, 6.07) is 17.8. The highest BCUT2D eigenvalue weighted by atomic mass is 16.4. The van der Waals surface area contributed by atoms with E-state index in [-0.39, 0.29) is 5.76 Å². The van der Waals surface area contributed by atoms with Gasteiger partial charge in [0.05, 0.1) is 0 Å². The molecule has 0 aliphatic carbocycles. The summed E-state index contributed by atoms with van der Waals surface area (Å²) in [6.07, 6.45) is 0.583. The molecular weight excluding hydrogens is 288 g/mol. The first-order valence-corrected chi connectivity index (χ1v) is 7.52. The lowest BCUT2D eigenvalue weighted by atomic mass is 9.93. The van der Waals surface area contributed by atoms with E-state index < -0.39 is 5.97 Å². The molecule has 0 aliphatic heterocycles. The molecule has 3 aromatic rings. The van der Waals surface area contributed by atoms with Gasteiger partial charge in [0.15, 0.2) is 0 Å². The molecule has 23 heavy (non-hydrogen) atoms. The van der Waals surface area contributed by atoms with Gasteiger partial charge >= 0.3 is 5.97 Å². The van der Waals surface area contributed by atoms with Crippen molar-refractivity contribution in [2.24, 2.45) is 0 Å². The van der Waals surface area contributed by atoms with E-state index in [9.17, 15) is 4.79 Å². The third-order valence-electron chi connectivity index (χ3n) is 4.00. The molecule has 0 aliphatic rings. The molecule has 3 nitrogen and oxygen atoms in total. The SMILES string of the molecule is Cc1cc(C)c(-c2ccccc2)cc1Cc1ccc(C(=O)O)o1. The van der Waals surface area contributed by atoms with Crippen LogP contribution in [0.15, 0.2) is 59.0 Å². The number of carboxylic acid groups (broad SMARTS) is 1. The van der Waals surface area contributed by atoms with Crippen LogP contribution in [0.5, 0.6) is 0 Å². The van der Waals surface area contributed by atoms with Gasteiger partial charge in [-0.2, -0.15) is 0 Å². The molecule has 0 saturated heterocycles. The van der Waals surface area contributed by atoms with Crippen molar-refractivity contribution in [3.63, 3.8) is 0 Å². The largest absolute Gasteiger partial charge is 0.475 e. The number of aryl methyl sites for hydroxylation is 2. The normalized spacial score (nSPS) is 10.7. The van der Waals surface area contributed by atoms with Crippen molar-refractivity contribution in [2.45, 2.75) is 20.3 Å². The molecule has 1 heterocycles. The number of hydrogen-bond donors (Lipinski definition) is 1. The first-order valence-electron chi connectivity index (χ1n) is 7.52. The minimum atomic E-state index is -1.04. The van der Waals surface area contributed by atoms with Crippen molar-refractivity contribution < 1.29 is 14.3 Å². The number of carboxylic acids is 1. The van der Waals surface area contributed by atoms with E-state index in [0.717, 1.165) is 5.56 Å². The Labute approximate surface area is 135 Å². The van der Waals surface area contributed by atoms with Crippen molar-refractivity contribution in [3.8, 4) is 11.1 Å². The Kier molecular flexibility index (Phi) is 4.02. The van der Waals surface area contributed by atoms with Crippen LogP contribution in [0.4, 0.5) is 0 Å². The lowest BCUT2D eigenvalue weighted by Crippen LogP contribution is -1.95. The fourth-order valence-corrected chi connectivity index (χ4v) is 2.79. The second-order valence-corrected chi connectivity index (χ2v) is 5.71. The zero-order chi connectivity index (χ0) is 16.4. The number of aromatic carboxylic acids is 1. The smallest absolute Gasteiger partial charge is 0.371 e. The molecule has 1 aromatic heterocycles. The fraction of sp³-hybridized carbons (Fsp3) is 0.150. The lowest BCUT2D eigenvalue weighted by molar-refractivity contribution is 0.0660. The molecular formula is C20H18O3. The summed E-state index contributed by atoms with van der Waals surface area (Å²) >= 11 is 0. The molecule has 0 spiro atoms. The predicted molar refractivity (Wildman–Crippen MR) is 89.8 cm³/mol. The average Bonchev–Trinajstić information content (AvgIpc) is 3.00. The summed E-state index contributed by atoms with van der Waals surface area (Å²) in [5.41, 5.74) is 5.91. The van der Waals surface area contributed by atoms with Crippen LogP contribution < -0.4 is 0 Å². The maximum absolute atomic E-state index is 10.9. The van der Waals surface area contributed by atoms with E-state index in [4.69, 9.17) is 9.52 Å². The van der Waals surface area contributed by atoms with Crippen LogP contribution in [0.1, 0.15) is 33.0 Å². The molecule has 0 atom stereocenters. The van der Waals surface area contributed by atoms with E-state index in [1.807, 2.05) is 18.2 Å². The van der Waals surface area contributed by atoms with E-state index in [0.29, 0.717) is 12.2 Å². The summed E-state index contributed by atoms with van der Waals surface area (Å²) in [6.45, 7) is 4.17. The van der Waals surface area contributed by atoms with Crippen LogP contribution in [0.25, 0.3) is 11.1 Å². The third kappa shape index (κ3) is 3.19. The third-order valence-corrected chi connectivity index (χ3v) is 4.00. The van der Waals surface area contributed by atoms with Crippen LogP contribution in [0.2, 0.25) is 0 Å². The van der Waals surface area contributed by atoms with Gasteiger partial charge in [-0.1, -0.05) is 42.5 Å². The van der Waals surface area contributed by atoms with E-state index in [1.165, 1.54) is 28.3 Å². The van der Waals surface area contributed by atoms with Crippen molar-refractivity contribution >= 4 is 5.97 Å². The monoisotopic (exact) mass is 306 g/mol. The highest BCUT2D eigenvalue weighted by molar-refractivity contribution is 5.84. The first-order chi connectivity index (χ1) is 11.0. The molecule has 0 saturated carbocycles. The lowest BCUT2D eigenvalue weighted by Gasteiger charge is -2.12. The number of benzene rings is 2. The topological polar surface area (TPSA) is 50.4 Å². The molecule has 3 rings (SSSR count). The minimum Gasteiger partial charge on any atom is -0.475 e. The molecule has 116 valence electrons. The van der Waals surface area contributed by atoms with Gasteiger partial charge < -0.3 is 9.52 Å². The Morgan fingerprint density at radius 1 is 1.00 bits per heavy atom. The van der Waals surface area contributed by atoms with Crippen LogP contribution in [-0.4, -0.2) is 11.1 Å². The summed E-state index contributed by atoms with van der Waals surface area (Å²) in [4.78, 5) is 10.9. The Balaban J connectivity index is 1.97. The summed E-state index contributed by atoms with van der Waals surface area (Å²) < 4.78 is 5.38. The Morgan fingerprint density at radius 3 is 2.39 bits per heavy atom. The second-order valence-electron chi connectivity index (χ2n) is 5.71. The van der Waals surface area contributed by atoms with Gasteiger partial charge in [0.25, 0.3) is 0 Å². The summed E-state index contributed by atoms with van der Waals surface area (Å²) in [5, 5.41) is 8.95. The molecule has 0 amide bonds. The summed E-state index contributed by atoms with van der Waals surface area (Å²) in [5.74, 6) is -0.400. The number of hydrogen-bond acceptors (Lipinski definition) is 2. The molecule has 0 radical (unpaired) electrons. The zero-order valence-electron chi connectivity index (χ0n) is 13.2. The Bertz CT molecular complexity index is 845. The van der Waals surface area contributed by atoms with Gasteiger partial charge in [0.1, 0.15) is 5.76 Å². The minimum absolute atomic E-state index is 0.0203.